The number of aromatic nitrogens is 5. The van der Waals surface area contributed by atoms with E-state index >= 15 is 0 Å². The Morgan fingerprint density at radius 2 is 2.18 bits per heavy atom. The van der Waals surface area contributed by atoms with E-state index < -0.39 is 0 Å². The van der Waals surface area contributed by atoms with Crippen LogP contribution in [0.25, 0.3) is 11.0 Å². The number of para-hydroxylation sites is 2. The van der Waals surface area contributed by atoms with Crippen LogP contribution >= 0.6 is 0 Å². The van der Waals surface area contributed by atoms with Crippen LogP contribution in [-0.4, -0.2) is 36.3 Å². The fraction of sp³-hybridized carbons (Fsp3) is 0.333. The van der Waals surface area contributed by atoms with Gasteiger partial charge in [0.05, 0.1) is 17.6 Å². The summed E-state index contributed by atoms with van der Waals surface area (Å²) in [5.41, 5.74) is 1.88. The fourth-order valence-electron chi connectivity index (χ4n) is 2.51. The molecule has 0 aliphatic rings. The van der Waals surface area contributed by atoms with Gasteiger partial charge in [0.2, 0.25) is 5.91 Å². The van der Waals surface area contributed by atoms with Crippen LogP contribution in [0, 0.1) is 6.92 Å². The van der Waals surface area contributed by atoms with E-state index in [9.17, 15) is 4.79 Å². The molecule has 2 heterocycles. The third kappa shape index (κ3) is 2.98. The second-order valence-corrected chi connectivity index (χ2v) is 5.32. The van der Waals surface area contributed by atoms with Crippen LogP contribution in [0.3, 0.4) is 0 Å². The first-order valence-corrected chi connectivity index (χ1v) is 7.17. The van der Waals surface area contributed by atoms with Gasteiger partial charge in [0.15, 0.2) is 0 Å². The molecular formula is C15H18N6O. The number of amides is 1. The van der Waals surface area contributed by atoms with Crippen LogP contribution < -0.4 is 5.32 Å². The predicted molar refractivity (Wildman–Crippen MR) is 82.1 cm³/mol. The molecule has 114 valence electrons. The highest BCUT2D eigenvalue weighted by molar-refractivity contribution is 5.81. The van der Waals surface area contributed by atoms with E-state index in [1.165, 1.54) is 6.33 Å². The molecule has 0 saturated heterocycles. The van der Waals surface area contributed by atoms with Gasteiger partial charge in [0, 0.05) is 6.04 Å². The van der Waals surface area contributed by atoms with E-state index in [2.05, 4.69) is 20.4 Å². The third-order valence-electron chi connectivity index (χ3n) is 3.48. The monoisotopic (exact) mass is 298 g/mol. The Labute approximate surface area is 128 Å². The number of carbonyl (C=O) groups is 1. The molecule has 7 heteroatoms. The highest BCUT2D eigenvalue weighted by Crippen LogP contribution is 2.15. The number of carbonyl (C=O) groups excluding carboxylic acids is 1. The van der Waals surface area contributed by atoms with Crippen molar-refractivity contribution in [3.63, 3.8) is 0 Å². The lowest BCUT2D eigenvalue weighted by molar-refractivity contribution is -0.122. The van der Waals surface area contributed by atoms with Crippen LogP contribution in [0.4, 0.5) is 0 Å². The first kappa shape index (κ1) is 14.2. The summed E-state index contributed by atoms with van der Waals surface area (Å²) in [6.07, 6.45) is 3.12. The number of aryl methyl sites for hydroxylation is 1. The summed E-state index contributed by atoms with van der Waals surface area (Å²) in [7, 11) is 0. The van der Waals surface area contributed by atoms with Crippen molar-refractivity contribution in [1.29, 1.82) is 0 Å². The van der Waals surface area contributed by atoms with Gasteiger partial charge in [-0.05, 0) is 26.0 Å². The molecule has 0 aliphatic heterocycles. The van der Waals surface area contributed by atoms with Gasteiger partial charge in [-0.25, -0.2) is 9.97 Å². The predicted octanol–water partition coefficient (Wildman–Crippen LogP) is 1.14. The van der Waals surface area contributed by atoms with Gasteiger partial charge < -0.3 is 9.88 Å². The molecule has 0 radical (unpaired) electrons. The number of fused-ring (bicyclic) bond motifs is 1. The van der Waals surface area contributed by atoms with E-state index in [0.29, 0.717) is 6.54 Å². The second kappa shape index (κ2) is 5.97. The average Bonchev–Trinajstić information content (AvgIpc) is 3.08. The molecule has 3 rings (SSSR count). The minimum Gasteiger partial charge on any atom is -0.350 e. The molecule has 2 aromatic heterocycles. The van der Waals surface area contributed by atoms with Crippen molar-refractivity contribution < 1.29 is 4.79 Å². The second-order valence-electron chi connectivity index (χ2n) is 5.32. The number of rotatable bonds is 5. The molecular weight excluding hydrogens is 280 g/mol. The van der Waals surface area contributed by atoms with Crippen LogP contribution in [0.15, 0.2) is 36.9 Å². The number of benzene rings is 1. The highest BCUT2D eigenvalue weighted by Gasteiger charge is 2.13. The van der Waals surface area contributed by atoms with Crippen LogP contribution in [0.5, 0.6) is 0 Å². The number of hydrogen-bond donors (Lipinski definition) is 1. The van der Waals surface area contributed by atoms with Gasteiger partial charge in [0.25, 0.3) is 0 Å². The first-order chi connectivity index (χ1) is 10.6. The van der Waals surface area contributed by atoms with Gasteiger partial charge in [-0.3, -0.25) is 9.48 Å². The molecule has 0 unspecified atom stereocenters. The maximum atomic E-state index is 12.2. The zero-order valence-electron chi connectivity index (χ0n) is 12.6. The van der Waals surface area contributed by atoms with E-state index in [-0.39, 0.29) is 18.5 Å². The Hall–Kier alpha value is -2.70. The number of nitrogens with one attached hydrogen (secondary N) is 1. The van der Waals surface area contributed by atoms with Gasteiger partial charge >= 0.3 is 0 Å². The summed E-state index contributed by atoms with van der Waals surface area (Å²) in [5, 5.41) is 7.01. The summed E-state index contributed by atoms with van der Waals surface area (Å²) in [6, 6.07) is 7.79. The summed E-state index contributed by atoms with van der Waals surface area (Å²) >= 11 is 0. The normalized spacial score (nSPS) is 12.5. The van der Waals surface area contributed by atoms with E-state index in [0.717, 1.165) is 16.9 Å². The highest BCUT2D eigenvalue weighted by atomic mass is 16.2. The molecule has 7 nitrogen and oxygen atoms in total. The lowest BCUT2D eigenvalue weighted by Crippen LogP contribution is -2.38. The van der Waals surface area contributed by atoms with Crippen LogP contribution in [0.1, 0.15) is 12.7 Å². The van der Waals surface area contributed by atoms with Crippen molar-refractivity contribution in [3.8, 4) is 0 Å². The zero-order valence-corrected chi connectivity index (χ0v) is 12.6. The maximum absolute atomic E-state index is 12.2. The van der Waals surface area contributed by atoms with Crippen molar-refractivity contribution in [3.05, 3.63) is 42.7 Å². The van der Waals surface area contributed by atoms with Crippen LogP contribution in [-0.2, 0) is 17.9 Å². The first-order valence-electron chi connectivity index (χ1n) is 7.17. The number of nitrogens with zero attached hydrogens (tertiary/aromatic N) is 5. The maximum Gasteiger partial charge on any atom is 0.240 e. The Kier molecular flexibility index (Phi) is 3.86. The molecule has 0 bridgehead atoms. The van der Waals surface area contributed by atoms with E-state index in [1.54, 1.807) is 11.0 Å². The molecule has 1 N–H and O–H groups in total. The minimum absolute atomic E-state index is 0.0238. The lowest BCUT2D eigenvalue weighted by atomic mass is 10.3. The van der Waals surface area contributed by atoms with Crippen molar-refractivity contribution >= 4 is 16.9 Å². The number of hydrogen-bond acceptors (Lipinski definition) is 4. The molecule has 1 amide bonds. The Balaban J connectivity index is 1.67. The Morgan fingerprint density at radius 1 is 1.36 bits per heavy atom. The van der Waals surface area contributed by atoms with Crippen molar-refractivity contribution in [2.75, 3.05) is 0 Å². The molecule has 3 aromatic rings. The summed E-state index contributed by atoms with van der Waals surface area (Å²) in [6.45, 7) is 4.70. The molecule has 1 aromatic carbocycles. The van der Waals surface area contributed by atoms with Crippen molar-refractivity contribution in [2.45, 2.75) is 33.0 Å². The smallest absolute Gasteiger partial charge is 0.240 e. The van der Waals surface area contributed by atoms with E-state index in [1.807, 2.05) is 42.7 Å². The van der Waals surface area contributed by atoms with Gasteiger partial charge in [-0.1, -0.05) is 12.1 Å². The topological polar surface area (TPSA) is 77.6 Å². The summed E-state index contributed by atoms with van der Waals surface area (Å²) in [4.78, 5) is 20.6. The van der Waals surface area contributed by atoms with Gasteiger partial charge in [0.1, 0.15) is 25.0 Å². The largest absolute Gasteiger partial charge is 0.350 e. The van der Waals surface area contributed by atoms with E-state index in [4.69, 9.17) is 0 Å². The molecule has 0 saturated carbocycles. The molecule has 22 heavy (non-hydrogen) atoms. The minimum atomic E-state index is -0.0427. The average molecular weight is 298 g/mol. The SMILES string of the molecule is Cc1nc2ccccc2n1CC(=O)N[C@@H](C)Cn1cncn1. The number of imidazole rings is 1. The van der Waals surface area contributed by atoms with Gasteiger partial charge in [-0.15, -0.1) is 0 Å². The Morgan fingerprint density at radius 3 is 2.95 bits per heavy atom. The van der Waals surface area contributed by atoms with Crippen molar-refractivity contribution in [2.24, 2.45) is 0 Å². The lowest BCUT2D eigenvalue weighted by Gasteiger charge is -2.14. The fourth-order valence-corrected chi connectivity index (χ4v) is 2.51. The molecule has 0 spiro atoms. The van der Waals surface area contributed by atoms with Crippen LogP contribution in [0.2, 0.25) is 0 Å². The summed E-state index contributed by atoms with van der Waals surface area (Å²) in [5.74, 6) is 0.791. The third-order valence-corrected chi connectivity index (χ3v) is 3.48. The molecule has 0 aliphatic carbocycles. The Bertz CT molecular complexity index is 777. The summed E-state index contributed by atoms with van der Waals surface area (Å²) < 4.78 is 3.62. The molecule has 0 fully saturated rings. The molecule has 1 atom stereocenters. The van der Waals surface area contributed by atoms with Crippen molar-refractivity contribution in [1.82, 2.24) is 29.6 Å². The zero-order chi connectivity index (χ0) is 15.5. The van der Waals surface area contributed by atoms with Gasteiger partial charge in [-0.2, -0.15) is 5.10 Å². The standard InChI is InChI=1S/C15H18N6O/c1-11(7-20-10-16-9-17-20)18-15(22)8-21-12(2)19-13-5-3-4-6-14(13)21/h3-6,9-11H,7-8H2,1-2H3,(H,18,22)/t11-/m0/s1. The quantitative estimate of drug-likeness (QED) is 0.766.